The normalized spacial score (nSPS) is 20.2. The SMILES string of the molecule is CCCCCCN1C(=O)c2cc3c(cc2C1=O)CC1Cc2cc4cc5c(cc4cc2CC1C3)C(=O)N(CCCCCC)C5=O. The highest BCUT2D eigenvalue weighted by Crippen LogP contribution is 2.42. The summed E-state index contributed by atoms with van der Waals surface area (Å²) in [6, 6.07) is 12.4. The Labute approximate surface area is 259 Å². The van der Waals surface area contributed by atoms with Crippen LogP contribution in [0.4, 0.5) is 0 Å². The first-order chi connectivity index (χ1) is 21.4. The molecule has 44 heavy (non-hydrogen) atoms. The molecular weight excluding hydrogens is 548 g/mol. The minimum absolute atomic E-state index is 0.132. The van der Waals surface area contributed by atoms with E-state index in [9.17, 15) is 19.2 Å². The zero-order valence-corrected chi connectivity index (χ0v) is 26.0. The zero-order chi connectivity index (χ0) is 30.5. The molecule has 2 aliphatic heterocycles. The summed E-state index contributed by atoms with van der Waals surface area (Å²) in [5.74, 6) is 0.354. The smallest absolute Gasteiger partial charge is 0.261 e. The number of fused-ring (bicyclic) bond motifs is 6. The lowest BCUT2D eigenvalue weighted by Crippen LogP contribution is -2.32. The van der Waals surface area contributed by atoms with Crippen molar-refractivity contribution < 1.29 is 19.2 Å². The molecule has 2 heterocycles. The van der Waals surface area contributed by atoms with E-state index in [-0.39, 0.29) is 23.6 Å². The Kier molecular flexibility index (Phi) is 7.63. The molecule has 0 spiro atoms. The van der Waals surface area contributed by atoms with Gasteiger partial charge in [-0.1, -0.05) is 64.5 Å². The summed E-state index contributed by atoms with van der Waals surface area (Å²) in [6.07, 6.45) is 12.0. The Hall–Kier alpha value is -3.80. The van der Waals surface area contributed by atoms with Gasteiger partial charge in [0.15, 0.2) is 0 Å². The van der Waals surface area contributed by atoms with Gasteiger partial charge in [0, 0.05) is 13.1 Å². The third kappa shape index (κ3) is 4.87. The van der Waals surface area contributed by atoms with Crippen molar-refractivity contribution in [3.8, 4) is 0 Å². The van der Waals surface area contributed by atoms with Crippen LogP contribution in [-0.2, 0) is 25.7 Å². The van der Waals surface area contributed by atoms with Crippen LogP contribution in [-0.4, -0.2) is 46.5 Å². The van der Waals surface area contributed by atoms with Gasteiger partial charge in [0.1, 0.15) is 0 Å². The first-order valence-corrected chi connectivity index (χ1v) is 16.9. The van der Waals surface area contributed by atoms with Crippen molar-refractivity contribution in [1.82, 2.24) is 9.80 Å². The molecule has 0 radical (unpaired) electrons. The van der Waals surface area contributed by atoms with Crippen LogP contribution in [0.3, 0.4) is 0 Å². The average molecular weight is 591 g/mol. The Morgan fingerprint density at radius 1 is 0.477 bits per heavy atom. The van der Waals surface area contributed by atoms with E-state index in [1.54, 1.807) is 0 Å². The fourth-order valence-electron chi connectivity index (χ4n) is 8.11. The minimum Gasteiger partial charge on any atom is -0.274 e. The third-order valence-electron chi connectivity index (χ3n) is 10.6. The lowest BCUT2D eigenvalue weighted by atomic mass is 9.66. The predicted molar refractivity (Wildman–Crippen MR) is 171 cm³/mol. The van der Waals surface area contributed by atoms with E-state index in [0.717, 1.165) is 87.8 Å². The Morgan fingerprint density at radius 3 is 1.18 bits per heavy atom. The van der Waals surface area contributed by atoms with Gasteiger partial charge in [-0.05, 0) is 108 Å². The number of imide groups is 2. The predicted octanol–water partition coefficient (Wildman–Crippen LogP) is 7.32. The number of rotatable bonds is 10. The van der Waals surface area contributed by atoms with Crippen molar-refractivity contribution in [2.45, 2.75) is 90.9 Å². The molecule has 2 aliphatic carbocycles. The molecule has 3 aromatic rings. The molecule has 0 saturated carbocycles. The molecule has 2 atom stereocenters. The summed E-state index contributed by atoms with van der Waals surface area (Å²) < 4.78 is 0. The Balaban J connectivity index is 1.11. The van der Waals surface area contributed by atoms with Gasteiger partial charge in [0.05, 0.1) is 22.3 Å². The number of hydrogen-bond acceptors (Lipinski definition) is 4. The van der Waals surface area contributed by atoms with Crippen molar-refractivity contribution in [3.63, 3.8) is 0 Å². The number of hydrogen-bond donors (Lipinski definition) is 0. The van der Waals surface area contributed by atoms with Crippen LogP contribution in [0.15, 0.2) is 36.4 Å². The number of unbranched alkanes of at least 4 members (excludes halogenated alkanes) is 6. The quantitative estimate of drug-likeness (QED) is 0.183. The molecule has 2 unspecified atom stereocenters. The molecule has 0 aromatic heterocycles. The first kappa shape index (κ1) is 28.9. The highest BCUT2D eigenvalue weighted by molar-refractivity contribution is 6.23. The summed E-state index contributed by atoms with van der Waals surface area (Å²) in [4.78, 5) is 55.7. The molecule has 4 aliphatic rings. The highest BCUT2D eigenvalue weighted by atomic mass is 16.2. The number of benzene rings is 3. The lowest BCUT2D eigenvalue weighted by molar-refractivity contribution is 0.0636. The minimum atomic E-state index is -0.162. The second kappa shape index (κ2) is 11.6. The molecule has 228 valence electrons. The molecule has 7 rings (SSSR count). The number of carbonyl (C=O) groups excluding carboxylic acids is 4. The van der Waals surface area contributed by atoms with Crippen LogP contribution >= 0.6 is 0 Å². The summed E-state index contributed by atoms with van der Waals surface area (Å²) in [5.41, 5.74) is 7.29. The molecule has 4 amide bonds. The standard InChI is InChI=1S/C38H42N2O4/c1-3-5-7-9-11-39-35(41)31-19-27-15-23-13-25-17-29-21-33-34(38(44)40(37(33)43)12-10-8-6-4-2)22-30(29)18-26(25)14-24(23)16-28(27)20-32(31)36(39)42/h15-16,19-22,25-26H,3-14,17-18H2,1-2H3. The topological polar surface area (TPSA) is 74.8 Å². The summed E-state index contributed by atoms with van der Waals surface area (Å²) in [7, 11) is 0. The summed E-state index contributed by atoms with van der Waals surface area (Å²) >= 11 is 0. The monoisotopic (exact) mass is 590 g/mol. The number of nitrogens with zero attached hydrogens (tertiary/aromatic N) is 2. The first-order valence-electron chi connectivity index (χ1n) is 16.9. The van der Waals surface area contributed by atoms with Gasteiger partial charge in [-0.3, -0.25) is 29.0 Å². The second-order valence-corrected chi connectivity index (χ2v) is 13.5. The molecule has 0 saturated heterocycles. The van der Waals surface area contributed by atoms with E-state index in [1.165, 1.54) is 32.1 Å². The van der Waals surface area contributed by atoms with E-state index in [0.29, 0.717) is 47.2 Å². The molecule has 0 bridgehead atoms. The maximum atomic E-state index is 13.2. The van der Waals surface area contributed by atoms with Crippen LogP contribution < -0.4 is 0 Å². The number of carbonyl (C=O) groups is 4. The molecule has 3 aromatic carbocycles. The Morgan fingerprint density at radius 2 is 0.818 bits per heavy atom. The van der Waals surface area contributed by atoms with Crippen molar-refractivity contribution in [2.24, 2.45) is 11.8 Å². The lowest BCUT2D eigenvalue weighted by Gasteiger charge is -2.38. The fraction of sp³-hybridized carbons (Fsp3) is 0.474. The van der Waals surface area contributed by atoms with Crippen LogP contribution in [0, 0.1) is 11.8 Å². The average Bonchev–Trinajstić information content (AvgIpc) is 3.39. The van der Waals surface area contributed by atoms with E-state index < -0.39 is 0 Å². The molecule has 6 heteroatoms. The maximum Gasteiger partial charge on any atom is 0.261 e. The van der Waals surface area contributed by atoms with Crippen LogP contribution in [0.5, 0.6) is 0 Å². The van der Waals surface area contributed by atoms with Crippen LogP contribution in [0.2, 0.25) is 0 Å². The zero-order valence-electron chi connectivity index (χ0n) is 26.0. The molecule has 0 fully saturated rings. The van der Waals surface area contributed by atoms with E-state index in [2.05, 4.69) is 26.0 Å². The van der Waals surface area contributed by atoms with Gasteiger partial charge >= 0.3 is 0 Å². The molecular formula is C38H42N2O4. The van der Waals surface area contributed by atoms with Crippen molar-refractivity contribution >= 4 is 34.4 Å². The van der Waals surface area contributed by atoms with Gasteiger partial charge in [0.2, 0.25) is 0 Å². The fourth-order valence-corrected chi connectivity index (χ4v) is 8.11. The van der Waals surface area contributed by atoms with Crippen molar-refractivity contribution in [2.75, 3.05) is 13.1 Å². The second-order valence-electron chi connectivity index (χ2n) is 13.5. The van der Waals surface area contributed by atoms with Gasteiger partial charge in [-0.2, -0.15) is 0 Å². The maximum absolute atomic E-state index is 13.2. The van der Waals surface area contributed by atoms with Crippen molar-refractivity contribution in [1.29, 1.82) is 0 Å². The third-order valence-corrected chi connectivity index (χ3v) is 10.6. The molecule has 0 N–H and O–H groups in total. The van der Waals surface area contributed by atoms with Gasteiger partial charge in [-0.15, -0.1) is 0 Å². The van der Waals surface area contributed by atoms with Gasteiger partial charge < -0.3 is 0 Å². The summed E-state index contributed by atoms with van der Waals surface area (Å²) in [5, 5.41) is 2.04. The Bertz CT molecular complexity index is 1590. The van der Waals surface area contributed by atoms with E-state index in [1.807, 2.05) is 24.3 Å². The van der Waals surface area contributed by atoms with E-state index in [4.69, 9.17) is 0 Å². The summed E-state index contributed by atoms with van der Waals surface area (Å²) in [6.45, 7) is 5.30. The van der Waals surface area contributed by atoms with Crippen LogP contribution in [0.25, 0.3) is 10.8 Å². The highest BCUT2D eigenvalue weighted by Gasteiger charge is 2.40. The van der Waals surface area contributed by atoms with Crippen LogP contribution in [0.1, 0.15) is 129 Å². The van der Waals surface area contributed by atoms with Gasteiger partial charge in [0.25, 0.3) is 23.6 Å². The number of amides is 4. The van der Waals surface area contributed by atoms with Crippen molar-refractivity contribution in [3.05, 3.63) is 80.9 Å². The molecule has 6 nitrogen and oxygen atoms in total. The largest absolute Gasteiger partial charge is 0.274 e. The van der Waals surface area contributed by atoms with E-state index >= 15 is 0 Å². The van der Waals surface area contributed by atoms with Gasteiger partial charge in [-0.25, -0.2) is 0 Å².